The first-order valence-electron chi connectivity index (χ1n) is 14.5. The lowest BCUT2D eigenvalue weighted by molar-refractivity contribution is -0.138. The molecule has 0 fully saturated rings. The van der Waals surface area contributed by atoms with Crippen LogP contribution < -0.4 is 24.4 Å². The normalized spacial score (nSPS) is 14.4. The number of aromatic nitrogens is 1. The summed E-state index contributed by atoms with van der Waals surface area (Å²) in [6.07, 6.45) is 1.79. The Morgan fingerprint density at radius 2 is 1.70 bits per heavy atom. The number of fused-ring (bicyclic) bond motifs is 1. The van der Waals surface area contributed by atoms with Crippen molar-refractivity contribution in [2.45, 2.75) is 19.6 Å². The number of benzene rings is 4. The number of methoxy groups -OCH3 is 1. The molecule has 0 bridgehead atoms. The third-order valence-corrected chi connectivity index (χ3v) is 9.11. The highest BCUT2D eigenvalue weighted by Crippen LogP contribution is 2.36. The van der Waals surface area contributed by atoms with Gasteiger partial charge in [-0.15, -0.1) is 0 Å². The maximum atomic E-state index is 14.3. The summed E-state index contributed by atoms with van der Waals surface area (Å²) in [5, 5.41) is 0.913. The van der Waals surface area contributed by atoms with Crippen molar-refractivity contribution < 1.29 is 19.0 Å². The van der Waals surface area contributed by atoms with E-state index in [-0.39, 0.29) is 24.3 Å². The lowest BCUT2D eigenvalue weighted by Crippen LogP contribution is -2.40. The van der Waals surface area contributed by atoms with Gasteiger partial charge in [0.2, 0.25) is 0 Å². The summed E-state index contributed by atoms with van der Waals surface area (Å²) >= 11 is 13.5. The van der Waals surface area contributed by atoms with Crippen LogP contribution in [0.3, 0.4) is 0 Å². The fourth-order valence-electron chi connectivity index (χ4n) is 5.20. The first-order chi connectivity index (χ1) is 22.4. The van der Waals surface area contributed by atoms with E-state index in [1.165, 1.54) is 11.3 Å². The number of thiazole rings is 1. The summed E-state index contributed by atoms with van der Waals surface area (Å²) in [6.45, 7) is 2.17. The lowest BCUT2D eigenvalue weighted by atomic mass is 9.93. The lowest BCUT2D eigenvalue weighted by Gasteiger charge is -2.26. The van der Waals surface area contributed by atoms with Crippen LogP contribution in [0.5, 0.6) is 11.5 Å². The van der Waals surface area contributed by atoms with Crippen LogP contribution in [0.4, 0.5) is 0 Å². The molecule has 0 aliphatic carbocycles. The van der Waals surface area contributed by atoms with Gasteiger partial charge in [-0.05, 0) is 54.5 Å². The molecule has 46 heavy (non-hydrogen) atoms. The third kappa shape index (κ3) is 6.37. The minimum atomic E-state index is -0.792. The van der Waals surface area contributed by atoms with Crippen molar-refractivity contribution in [1.82, 2.24) is 4.57 Å². The highest BCUT2D eigenvalue weighted by molar-refractivity contribution is 7.07. The number of halogens is 2. The van der Waals surface area contributed by atoms with Gasteiger partial charge < -0.3 is 14.2 Å². The molecule has 7 nitrogen and oxygen atoms in total. The number of hydrogen-bond acceptors (Lipinski definition) is 7. The Bertz CT molecular complexity index is 2120. The molecule has 0 saturated heterocycles. The Morgan fingerprint density at radius 1 is 0.957 bits per heavy atom. The summed E-state index contributed by atoms with van der Waals surface area (Å²) < 4.78 is 19.1. The molecule has 1 aliphatic heterocycles. The molecule has 0 saturated carbocycles. The molecular formula is C36H28Cl2N2O5S. The number of carbonyl (C=O) groups is 1. The number of para-hydroxylation sites is 1. The minimum absolute atomic E-state index is 0.170. The van der Waals surface area contributed by atoms with Gasteiger partial charge in [0.25, 0.3) is 5.56 Å². The molecule has 10 heteroatoms. The molecule has 5 aromatic rings. The van der Waals surface area contributed by atoms with E-state index in [2.05, 4.69) is 0 Å². The maximum Gasteiger partial charge on any atom is 0.338 e. The molecule has 0 spiro atoms. The van der Waals surface area contributed by atoms with E-state index < -0.39 is 12.0 Å². The third-order valence-electron chi connectivity index (χ3n) is 7.39. The highest BCUT2D eigenvalue weighted by atomic mass is 35.5. The van der Waals surface area contributed by atoms with E-state index in [0.717, 1.165) is 11.1 Å². The summed E-state index contributed by atoms with van der Waals surface area (Å²) in [5.74, 6) is 0.697. The monoisotopic (exact) mass is 670 g/mol. The number of esters is 1. The van der Waals surface area contributed by atoms with Crippen molar-refractivity contribution in [2.75, 3.05) is 13.7 Å². The molecule has 0 amide bonds. The Kier molecular flexibility index (Phi) is 9.40. The molecule has 4 aromatic carbocycles. The molecule has 0 radical (unpaired) electrons. The highest BCUT2D eigenvalue weighted by Gasteiger charge is 2.35. The molecule has 1 aliphatic rings. The van der Waals surface area contributed by atoms with Gasteiger partial charge in [-0.2, -0.15) is 0 Å². The average molecular weight is 672 g/mol. The summed E-state index contributed by atoms with van der Waals surface area (Å²) in [7, 11) is 1.59. The fraction of sp³-hybridized carbons (Fsp3) is 0.139. The number of hydrogen-bond donors (Lipinski definition) is 0. The standard InChI is InChI=1S/C36H28Cl2N2O5S/c1-3-44-35(42)31-32(23-9-5-4-6-10-23)39-36-40(33(31)24-14-16-26(43-2)17-15-24)34(41)30(46-36)20-25-11-7-8-12-29(25)45-21-22-13-18-27(37)28(38)19-22/h4-20,33H,3,21H2,1-2H3/b30-20-/t33-/m1/s1. The molecule has 1 aromatic heterocycles. The molecular weight excluding hydrogens is 643 g/mol. The minimum Gasteiger partial charge on any atom is -0.497 e. The van der Waals surface area contributed by atoms with Crippen molar-refractivity contribution in [3.63, 3.8) is 0 Å². The largest absolute Gasteiger partial charge is 0.497 e. The topological polar surface area (TPSA) is 79.1 Å². The van der Waals surface area contributed by atoms with E-state index in [4.69, 9.17) is 42.4 Å². The van der Waals surface area contributed by atoms with Crippen LogP contribution in [0.25, 0.3) is 11.8 Å². The van der Waals surface area contributed by atoms with Gasteiger partial charge in [0.15, 0.2) is 4.80 Å². The summed E-state index contributed by atoms with van der Waals surface area (Å²) in [6, 6.07) is 28.7. The Balaban J connectivity index is 1.50. The van der Waals surface area contributed by atoms with Gasteiger partial charge in [0.1, 0.15) is 18.1 Å². The van der Waals surface area contributed by atoms with Crippen molar-refractivity contribution in [3.05, 3.63) is 155 Å². The van der Waals surface area contributed by atoms with Gasteiger partial charge in [-0.3, -0.25) is 9.36 Å². The number of ether oxygens (including phenoxy) is 3. The van der Waals surface area contributed by atoms with E-state index in [9.17, 15) is 9.59 Å². The summed E-state index contributed by atoms with van der Waals surface area (Å²) in [5.41, 5.74) is 3.45. The van der Waals surface area contributed by atoms with Crippen LogP contribution >= 0.6 is 34.5 Å². The summed E-state index contributed by atoms with van der Waals surface area (Å²) in [4.78, 5) is 33.3. The van der Waals surface area contributed by atoms with Gasteiger partial charge >= 0.3 is 5.97 Å². The fourth-order valence-corrected chi connectivity index (χ4v) is 6.52. The quantitative estimate of drug-likeness (QED) is 0.161. The van der Waals surface area contributed by atoms with Crippen LogP contribution in [0.1, 0.15) is 35.2 Å². The van der Waals surface area contributed by atoms with E-state index in [1.54, 1.807) is 48.9 Å². The van der Waals surface area contributed by atoms with E-state index in [0.29, 0.717) is 47.7 Å². The molecule has 2 heterocycles. The van der Waals surface area contributed by atoms with Crippen LogP contribution in [0.15, 0.2) is 112 Å². The average Bonchev–Trinajstić information content (AvgIpc) is 3.39. The zero-order chi connectivity index (χ0) is 32.2. The van der Waals surface area contributed by atoms with E-state index >= 15 is 0 Å². The Labute approximate surface area is 279 Å². The molecule has 0 unspecified atom stereocenters. The zero-order valence-electron chi connectivity index (χ0n) is 24.9. The van der Waals surface area contributed by atoms with Crippen molar-refractivity contribution in [2.24, 2.45) is 4.99 Å². The van der Waals surface area contributed by atoms with Crippen LogP contribution in [-0.4, -0.2) is 24.3 Å². The second kappa shape index (κ2) is 13.8. The number of rotatable bonds is 9. The first kappa shape index (κ1) is 31.4. The second-order valence-corrected chi connectivity index (χ2v) is 12.1. The Hall–Kier alpha value is -4.63. The van der Waals surface area contributed by atoms with Crippen LogP contribution in [0, 0.1) is 0 Å². The molecule has 0 N–H and O–H groups in total. The van der Waals surface area contributed by atoms with Crippen LogP contribution in [0.2, 0.25) is 10.0 Å². The predicted octanol–water partition coefficient (Wildman–Crippen LogP) is 6.83. The smallest absolute Gasteiger partial charge is 0.338 e. The molecule has 6 rings (SSSR count). The number of carbonyl (C=O) groups excluding carboxylic acids is 1. The van der Waals surface area contributed by atoms with Crippen LogP contribution in [-0.2, 0) is 16.1 Å². The number of nitrogens with zero attached hydrogens (tertiary/aromatic N) is 2. The van der Waals surface area contributed by atoms with Crippen molar-refractivity contribution in [1.29, 1.82) is 0 Å². The van der Waals surface area contributed by atoms with Gasteiger partial charge in [0, 0.05) is 11.1 Å². The van der Waals surface area contributed by atoms with Gasteiger partial charge in [-0.1, -0.05) is 101 Å². The SMILES string of the molecule is CCOC(=O)C1=C(c2ccccc2)N=c2s/c(=C\c3ccccc3OCc3ccc(Cl)c(Cl)c3)c(=O)n2[C@@H]1c1ccc(OC)cc1. The van der Waals surface area contributed by atoms with Gasteiger partial charge in [0.05, 0.1) is 45.6 Å². The first-order valence-corrected chi connectivity index (χ1v) is 16.0. The Morgan fingerprint density at radius 3 is 2.41 bits per heavy atom. The maximum absolute atomic E-state index is 14.3. The van der Waals surface area contributed by atoms with Gasteiger partial charge in [-0.25, -0.2) is 9.79 Å². The van der Waals surface area contributed by atoms with E-state index in [1.807, 2.05) is 72.8 Å². The zero-order valence-corrected chi connectivity index (χ0v) is 27.2. The second-order valence-electron chi connectivity index (χ2n) is 10.3. The molecule has 1 atom stereocenters. The molecule has 232 valence electrons. The van der Waals surface area contributed by atoms with Crippen molar-refractivity contribution in [3.8, 4) is 11.5 Å². The van der Waals surface area contributed by atoms with Crippen molar-refractivity contribution >= 4 is 52.3 Å². The predicted molar refractivity (Wildman–Crippen MR) is 181 cm³/mol.